The summed E-state index contributed by atoms with van der Waals surface area (Å²) >= 11 is 0. The molecule has 0 aliphatic carbocycles. The predicted molar refractivity (Wildman–Crippen MR) is 90.3 cm³/mol. The fourth-order valence-electron chi connectivity index (χ4n) is 2.17. The van der Waals surface area contributed by atoms with Crippen LogP contribution in [-0.4, -0.2) is 42.9 Å². The third-order valence-electron chi connectivity index (χ3n) is 3.43. The van der Waals surface area contributed by atoms with Gasteiger partial charge in [-0.05, 0) is 25.0 Å². The largest absolute Gasteiger partial charge is 0.466 e. The van der Waals surface area contributed by atoms with Crippen molar-refractivity contribution in [2.45, 2.75) is 26.3 Å². The van der Waals surface area contributed by atoms with Gasteiger partial charge >= 0.3 is 5.97 Å². The Morgan fingerprint density at radius 3 is 2.36 bits per heavy atom. The first-order valence-corrected chi connectivity index (χ1v) is 7.92. The highest BCUT2D eigenvalue weighted by atomic mass is 16.5. The maximum Gasteiger partial charge on any atom is 0.306 e. The van der Waals surface area contributed by atoms with Gasteiger partial charge in [-0.3, -0.25) is 19.2 Å². The first-order chi connectivity index (χ1) is 11.8. The van der Waals surface area contributed by atoms with Crippen molar-refractivity contribution in [1.29, 1.82) is 0 Å². The number of nitrogens with one attached hydrogen (secondary N) is 2. The second-order valence-electron chi connectivity index (χ2n) is 5.48. The fourth-order valence-corrected chi connectivity index (χ4v) is 2.17. The second kappa shape index (κ2) is 10.1. The van der Waals surface area contributed by atoms with E-state index in [0.717, 1.165) is 0 Å². The van der Waals surface area contributed by atoms with E-state index in [1.54, 1.807) is 44.2 Å². The van der Waals surface area contributed by atoms with Crippen LogP contribution in [0.25, 0.3) is 0 Å². The number of carbonyl (C=O) groups excluding carboxylic acids is 4. The quantitative estimate of drug-likeness (QED) is 0.540. The Morgan fingerprint density at radius 2 is 1.80 bits per heavy atom. The average Bonchev–Trinajstić information content (AvgIpc) is 2.58. The Labute approximate surface area is 146 Å². The van der Waals surface area contributed by atoms with Crippen molar-refractivity contribution in [3.05, 3.63) is 35.9 Å². The van der Waals surface area contributed by atoms with Crippen LogP contribution in [-0.2, 0) is 19.1 Å². The predicted octanol–water partition coefficient (Wildman–Crippen LogP) is -0.0242. The lowest BCUT2D eigenvalue weighted by atomic mass is 9.97. The summed E-state index contributed by atoms with van der Waals surface area (Å²) < 4.78 is 4.81. The third kappa shape index (κ3) is 7.03. The number of rotatable bonds is 9. The fraction of sp³-hybridized carbons (Fsp3) is 0.412. The van der Waals surface area contributed by atoms with E-state index >= 15 is 0 Å². The molecule has 0 radical (unpaired) electrons. The summed E-state index contributed by atoms with van der Waals surface area (Å²) in [7, 11) is 0. The molecule has 3 amide bonds. The Kier molecular flexibility index (Phi) is 8.11. The molecule has 1 rings (SSSR count). The van der Waals surface area contributed by atoms with E-state index in [9.17, 15) is 19.2 Å². The van der Waals surface area contributed by atoms with Gasteiger partial charge in [-0.25, -0.2) is 0 Å². The van der Waals surface area contributed by atoms with E-state index in [4.69, 9.17) is 10.5 Å². The van der Waals surface area contributed by atoms with Crippen molar-refractivity contribution in [2.75, 3.05) is 13.2 Å². The standard InChI is InChI=1S/C17H23N3O5/c1-3-25-14(22)9-11(2)15(16(18)23)20-13(21)10-19-17(24)12-7-5-4-6-8-12/h4-8,11,15H,3,9-10H2,1-2H3,(H2,18,23)(H,19,24)(H,20,21)/t11-,15+/m0/s1. The normalized spacial score (nSPS) is 12.6. The zero-order chi connectivity index (χ0) is 18.8. The summed E-state index contributed by atoms with van der Waals surface area (Å²) in [6, 6.07) is 7.36. The molecule has 1 aromatic rings. The summed E-state index contributed by atoms with van der Waals surface area (Å²) in [5.74, 6) is -2.77. The topological polar surface area (TPSA) is 128 Å². The number of nitrogens with two attached hydrogens (primary N) is 1. The molecule has 1 aromatic carbocycles. The number of amides is 3. The molecular formula is C17H23N3O5. The molecule has 2 atom stereocenters. The van der Waals surface area contributed by atoms with Crippen LogP contribution in [0.3, 0.4) is 0 Å². The molecule has 0 saturated heterocycles. The molecule has 0 aliphatic heterocycles. The molecule has 0 spiro atoms. The highest BCUT2D eigenvalue weighted by molar-refractivity contribution is 5.97. The van der Waals surface area contributed by atoms with Gasteiger partial charge in [-0.1, -0.05) is 25.1 Å². The third-order valence-corrected chi connectivity index (χ3v) is 3.43. The lowest BCUT2D eigenvalue weighted by molar-refractivity contribution is -0.144. The van der Waals surface area contributed by atoms with Crippen LogP contribution in [0.5, 0.6) is 0 Å². The second-order valence-corrected chi connectivity index (χ2v) is 5.48. The SMILES string of the molecule is CCOC(=O)C[C@H](C)[C@@H](NC(=O)CNC(=O)c1ccccc1)C(N)=O. The van der Waals surface area contributed by atoms with E-state index < -0.39 is 35.7 Å². The smallest absolute Gasteiger partial charge is 0.306 e. The molecule has 0 unspecified atom stereocenters. The van der Waals surface area contributed by atoms with E-state index in [-0.39, 0.29) is 19.6 Å². The Morgan fingerprint density at radius 1 is 1.16 bits per heavy atom. The molecule has 8 nitrogen and oxygen atoms in total. The lowest BCUT2D eigenvalue weighted by Crippen LogP contribution is -2.51. The molecule has 8 heteroatoms. The van der Waals surface area contributed by atoms with Gasteiger partial charge in [0.15, 0.2) is 0 Å². The number of esters is 1. The van der Waals surface area contributed by atoms with E-state index in [2.05, 4.69) is 10.6 Å². The van der Waals surface area contributed by atoms with Crippen LogP contribution in [0.1, 0.15) is 30.6 Å². The van der Waals surface area contributed by atoms with Crippen molar-refractivity contribution in [2.24, 2.45) is 11.7 Å². The summed E-state index contributed by atoms with van der Waals surface area (Å²) in [5, 5.41) is 4.88. The van der Waals surface area contributed by atoms with Crippen molar-refractivity contribution >= 4 is 23.7 Å². The van der Waals surface area contributed by atoms with E-state index in [1.165, 1.54) is 0 Å². The lowest BCUT2D eigenvalue weighted by Gasteiger charge is -2.21. The summed E-state index contributed by atoms with van der Waals surface area (Å²) in [4.78, 5) is 46.9. The summed E-state index contributed by atoms with van der Waals surface area (Å²) in [5.41, 5.74) is 5.70. The van der Waals surface area contributed by atoms with Gasteiger partial charge < -0.3 is 21.1 Å². The Bertz CT molecular complexity index is 618. The highest BCUT2D eigenvalue weighted by Gasteiger charge is 2.27. The first kappa shape index (κ1) is 20.1. The monoisotopic (exact) mass is 349 g/mol. The number of ether oxygens (including phenoxy) is 1. The Hall–Kier alpha value is -2.90. The maximum atomic E-state index is 12.0. The minimum atomic E-state index is -1.04. The summed E-state index contributed by atoms with van der Waals surface area (Å²) in [6.07, 6.45) is -0.0574. The minimum absolute atomic E-state index is 0.0574. The van der Waals surface area contributed by atoms with Gasteiger partial charge in [0, 0.05) is 5.56 Å². The van der Waals surface area contributed by atoms with Crippen molar-refractivity contribution in [3.63, 3.8) is 0 Å². The Balaban J connectivity index is 2.54. The average molecular weight is 349 g/mol. The first-order valence-electron chi connectivity index (χ1n) is 7.92. The van der Waals surface area contributed by atoms with Crippen LogP contribution >= 0.6 is 0 Å². The van der Waals surface area contributed by atoms with Gasteiger partial charge in [-0.15, -0.1) is 0 Å². The van der Waals surface area contributed by atoms with Crippen LogP contribution in [0.2, 0.25) is 0 Å². The molecule has 0 bridgehead atoms. The van der Waals surface area contributed by atoms with Gasteiger partial charge in [-0.2, -0.15) is 0 Å². The number of carbonyl (C=O) groups is 4. The highest BCUT2D eigenvalue weighted by Crippen LogP contribution is 2.09. The van der Waals surface area contributed by atoms with Gasteiger partial charge in [0.1, 0.15) is 6.04 Å². The number of primary amides is 1. The number of hydrogen-bond acceptors (Lipinski definition) is 5. The number of hydrogen-bond donors (Lipinski definition) is 3. The van der Waals surface area contributed by atoms with Gasteiger partial charge in [0.25, 0.3) is 5.91 Å². The molecule has 0 fully saturated rings. The van der Waals surface area contributed by atoms with Crippen molar-refractivity contribution in [1.82, 2.24) is 10.6 Å². The van der Waals surface area contributed by atoms with Crippen LogP contribution in [0.4, 0.5) is 0 Å². The molecule has 0 heterocycles. The molecule has 0 saturated carbocycles. The van der Waals surface area contributed by atoms with Crippen molar-refractivity contribution in [3.8, 4) is 0 Å². The van der Waals surface area contributed by atoms with Gasteiger partial charge in [0.2, 0.25) is 11.8 Å². The molecule has 136 valence electrons. The summed E-state index contributed by atoms with van der Waals surface area (Å²) in [6.45, 7) is 3.19. The van der Waals surface area contributed by atoms with Crippen molar-refractivity contribution < 1.29 is 23.9 Å². The zero-order valence-electron chi connectivity index (χ0n) is 14.3. The maximum absolute atomic E-state index is 12.0. The molecular weight excluding hydrogens is 326 g/mol. The number of benzene rings is 1. The van der Waals surface area contributed by atoms with Crippen LogP contribution < -0.4 is 16.4 Å². The van der Waals surface area contributed by atoms with Crippen LogP contribution in [0, 0.1) is 5.92 Å². The zero-order valence-corrected chi connectivity index (χ0v) is 14.3. The van der Waals surface area contributed by atoms with E-state index in [0.29, 0.717) is 5.56 Å². The molecule has 4 N–H and O–H groups in total. The molecule has 0 aromatic heterocycles. The van der Waals surface area contributed by atoms with Gasteiger partial charge in [0.05, 0.1) is 19.6 Å². The molecule has 25 heavy (non-hydrogen) atoms. The van der Waals surface area contributed by atoms with E-state index in [1.807, 2.05) is 0 Å². The van der Waals surface area contributed by atoms with Crippen LogP contribution in [0.15, 0.2) is 30.3 Å². The molecule has 0 aliphatic rings. The minimum Gasteiger partial charge on any atom is -0.466 e.